The van der Waals surface area contributed by atoms with Crippen LogP contribution in [0, 0.1) is 17.2 Å². The van der Waals surface area contributed by atoms with Gasteiger partial charge in [-0.15, -0.1) is 0 Å². The molecule has 0 saturated carbocycles. The number of nitrogens with one attached hydrogen (secondary N) is 1. The van der Waals surface area contributed by atoms with E-state index in [1.807, 2.05) is 12.1 Å². The lowest BCUT2D eigenvalue weighted by Crippen LogP contribution is -2.30. The topological polar surface area (TPSA) is 52.0 Å². The SMILES string of the molecule is CN1CCC(CCNc2cccnc2C#N)CC1. The molecule has 1 aromatic rings. The number of nitriles is 1. The summed E-state index contributed by atoms with van der Waals surface area (Å²) in [5, 5.41) is 12.3. The smallest absolute Gasteiger partial charge is 0.163 e. The molecule has 0 atom stereocenters. The normalized spacial score (nSPS) is 17.3. The molecule has 18 heavy (non-hydrogen) atoms. The highest BCUT2D eigenvalue weighted by molar-refractivity contribution is 5.53. The summed E-state index contributed by atoms with van der Waals surface area (Å²) >= 11 is 0. The third-order valence-corrected chi connectivity index (χ3v) is 3.62. The first-order valence-corrected chi connectivity index (χ1v) is 6.57. The van der Waals surface area contributed by atoms with E-state index in [1.165, 1.54) is 32.4 Å². The van der Waals surface area contributed by atoms with Gasteiger partial charge in [0.1, 0.15) is 6.07 Å². The highest BCUT2D eigenvalue weighted by atomic mass is 15.1. The molecule has 1 aliphatic rings. The van der Waals surface area contributed by atoms with Crippen molar-refractivity contribution in [2.45, 2.75) is 19.3 Å². The van der Waals surface area contributed by atoms with Gasteiger partial charge in [0.15, 0.2) is 5.69 Å². The van der Waals surface area contributed by atoms with Crippen LogP contribution in [0.1, 0.15) is 25.0 Å². The van der Waals surface area contributed by atoms with Gasteiger partial charge in [0.2, 0.25) is 0 Å². The summed E-state index contributed by atoms with van der Waals surface area (Å²) in [5.41, 5.74) is 1.34. The maximum Gasteiger partial charge on any atom is 0.163 e. The first kappa shape index (κ1) is 12.8. The Morgan fingerprint density at radius 3 is 3.00 bits per heavy atom. The molecule has 0 spiro atoms. The van der Waals surface area contributed by atoms with Crippen LogP contribution in [-0.4, -0.2) is 36.6 Å². The first-order chi connectivity index (χ1) is 8.79. The molecule has 1 aliphatic heterocycles. The van der Waals surface area contributed by atoms with Crippen LogP contribution in [0.15, 0.2) is 18.3 Å². The van der Waals surface area contributed by atoms with Crippen molar-refractivity contribution < 1.29 is 0 Å². The van der Waals surface area contributed by atoms with E-state index in [0.717, 1.165) is 18.2 Å². The summed E-state index contributed by atoms with van der Waals surface area (Å²) in [6, 6.07) is 5.89. The fraction of sp³-hybridized carbons (Fsp3) is 0.571. The maximum atomic E-state index is 8.94. The molecular weight excluding hydrogens is 224 g/mol. The quantitative estimate of drug-likeness (QED) is 0.881. The van der Waals surface area contributed by atoms with Crippen molar-refractivity contribution in [3.05, 3.63) is 24.0 Å². The van der Waals surface area contributed by atoms with Crippen LogP contribution >= 0.6 is 0 Å². The predicted molar refractivity (Wildman–Crippen MR) is 72.3 cm³/mol. The van der Waals surface area contributed by atoms with Crippen LogP contribution in [0.5, 0.6) is 0 Å². The Bertz CT molecular complexity index is 416. The van der Waals surface area contributed by atoms with Crippen molar-refractivity contribution in [2.24, 2.45) is 5.92 Å². The summed E-state index contributed by atoms with van der Waals surface area (Å²) in [7, 11) is 2.18. The minimum Gasteiger partial charge on any atom is -0.383 e. The standard InChI is InChI=1S/C14H20N4/c1-18-9-5-12(6-10-18)4-8-17-13-3-2-7-16-14(13)11-15/h2-3,7,12,17H,4-6,8-10H2,1H3. The molecule has 0 amide bonds. The van der Waals surface area contributed by atoms with Crippen LogP contribution < -0.4 is 5.32 Å². The minimum absolute atomic E-state index is 0.487. The van der Waals surface area contributed by atoms with E-state index in [4.69, 9.17) is 5.26 Å². The Kier molecular flexibility index (Phi) is 4.54. The van der Waals surface area contributed by atoms with Gasteiger partial charge in [-0.2, -0.15) is 5.26 Å². The van der Waals surface area contributed by atoms with Crippen molar-refractivity contribution in [3.63, 3.8) is 0 Å². The van der Waals surface area contributed by atoms with Crippen LogP contribution in [0.3, 0.4) is 0 Å². The van der Waals surface area contributed by atoms with E-state index < -0.39 is 0 Å². The van der Waals surface area contributed by atoms with E-state index in [0.29, 0.717) is 5.69 Å². The number of hydrogen-bond acceptors (Lipinski definition) is 4. The van der Waals surface area contributed by atoms with Gasteiger partial charge in [-0.05, 0) is 57.5 Å². The van der Waals surface area contributed by atoms with Crippen molar-refractivity contribution in [2.75, 3.05) is 32.0 Å². The van der Waals surface area contributed by atoms with Crippen LogP contribution in [0.4, 0.5) is 5.69 Å². The molecule has 0 bridgehead atoms. The Hall–Kier alpha value is -1.60. The molecule has 1 saturated heterocycles. The van der Waals surface area contributed by atoms with E-state index in [9.17, 15) is 0 Å². The zero-order valence-electron chi connectivity index (χ0n) is 10.9. The molecule has 0 unspecified atom stereocenters. The van der Waals surface area contributed by atoms with E-state index in [2.05, 4.69) is 28.3 Å². The molecule has 1 aromatic heterocycles. The van der Waals surface area contributed by atoms with E-state index in [-0.39, 0.29) is 0 Å². The van der Waals surface area contributed by atoms with Crippen molar-refractivity contribution >= 4 is 5.69 Å². The highest BCUT2D eigenvalue weighted by Gasteiger charge is 2.16. The van der Waals surface area contributed by atoms with Gasteiger partial charge in [0.05, 0.1) is 5.69 Å². The lowest BCUT2D eigenvalue weighted by Gasteiger charge is -2.29. The highest BCUT2D eigenvalue weighted by Crippen LogP contribution is 2.20. The second-order valence-electron chi connectivity index (χ2n) is 4.97. The van der Waals surface area contributed by atoms with Crippen molar-refractivity contribution in [1.82, 2.24) is 9.88 Å². The van der Waals surface area contributed by atoms with Gasteiger partial charge in [-0.3, -0.25) is 0 Å². The summed E-state index contributed by atoms with van der Waals surface area (Å²) in [4.78, 5) is 6.43. The van der Waals surface area contributed by atoms with Gasteiger partial charge in [0, 0.05) is 12.7 Å². The van der Waals surface area contributed by atoms with Crippen molar-refractivity contribution in [3.8, 4) is 6.07 Å². The van der Waals surface area contributed by atoms with Gasteiger partial charge in [-0.1, -0.05) is 0 Å². The van der Waals surface area contributed by atoms with Gasteiger partial charge in [0.25, 0.3) is 0 Å². The molecule has 0 aliphatic carbocycles. The number of pyridine rings is 1. The Morgan fingerprint density at radius 1 is 1.50 bits per heavy atom. The zero-order valence-corrected chi connectivity index (χ0v) is 10.9. The minimum atomic E-state index is 0.487. The molecule has 4 heteroatoms. The van der Waals surface area contributed by atoms with E-state index in [1.54, 1.807) is 6.20 Å². The number of nitrogens with zero attached hydrogens (tertiary/aromatic N) is 3. The van der Waals surface area contributed by atoms with Crippen LogP contribution in [0.2, 0.25) is 0 Å². The van der Waals surface area contributed by atoms with Gasteiger partial charge in [-0.25, -0.2) is 4.98 Å². The molecule has 1 fully saturated rings. The summed E-state index contributed by atoms with van der Waals surface area (Å²) < 4.78 is 0. The lowest BCUT2D eigenvalue weighted by molar-refractivity contribution is 0.215. The Morgan fingerprint density at radius 2 is 2.28 bits per heavy atom. The molecule has 2 rings (SSSR count). The Balaban J connectivity index is 1.77. The largest absolute Gasteiger partial charge is 0.383 e. The molecule has 0 radical (unpaired) electrons. The van der Waals surface area contributed by atoms with Crippen LogP contribution in [0.25, 0.3) is 0 Å². The Labute approximate surface area is 109 Å². The predicted octanol–water partition coefficient (Wildman–Crippen LogP) is 2.10. The molecule has 4 nitrogen and oxygen atoms in total. The van der Waals surface area contributed by atoms with Crippen LogP contribution in [-0.2, 0) is 0 Å². The molecule has 96 valence electrons. The van der Waals surface area contributed by atoms with E-state index >= 15 is 0 Å². The second kappa shape index (κ2) is 6.36. The van der Waals surface area contributed by atoms with Gasteiger partial charge >= 0.3 is 0 Å². The summed E-state index contributed by atoms with van der Waals surface area (Å²) in [6.07, 6.45) is 5.40. The third-order valence-electron chi connectivity index (χ3n) is 3.62. The average Bonchev–Trinajstić information content (AvgIpc) is 2.41. The number of anilines is 1. The molecule has 0 aromatic carbocycles. The molecule has 2 heterocycles. The first-order valence-electron chi connectivity index (χ1n) is 6.57. The monoisotopic (exact) mass is 244 g/mol. The number of hydrogen-bond donors (Lipinski definition) is 1. The zero-order chi connectivity index (χ0) is 12.8. The maximum absolute atomic E-state index is 8.94. The lowest BCUT2D eigenvalue weighted by atomic mass is 9.94. The second-order valence-corrected chi connectivity index (χ2v) is 4.97. The average molecular weight is 244 g/mol. The number of likely N-dealkylation sites (tertiary alicyclic amines) is 1. The third kappa shape index (κ3) is 3.44. The number of rotatable bonds is 4. The molecular formula is C14H20N4. The van der Waals surface area contributed by atoms with Crippen molar-refractivity contribution in [1.29, 1.82) is 5.26 Å². The number of aromatic nitrogens is 1. The number of piperidine rings is 1. The summed E-state index contributed by atoms with van der Waals surface area (Å²) in [6.45, 7) is 3.34. The molecule has 1 N–H and O–H groups in total. The fourth-order valence-electron chi connectivity index (χ4n) is 2.40. The van der Waals surface area contributed by atoms with Gasteiger partial charge < -0.3 is 10.2 Å². The summed E-state index contributed by atoms with van der Waals surface area (Å²) in [5.74, 6) is 0.816. The fourth-order valence-corrected chi connectivity index (χ4v) is 2.40.